The smallest absolute Gasteiger partial charge is 0.261 e. The first kappa shape index (κ1) is 13.5. The summed E-state index contributed by atoms with van der Waals surface area (Å²) in [6.07, 6.45) is 0. The Bertz CT molecular complexity index is 365. The van der Waals surface area contributed by atoms with E-state index in [1.165, 1.54) is 0 Å². The van der Waals surface area contributed by atoms with Crippen LogP contribution in [0.4, 0.5) is 5.69 Å². The Kier molecular flexibility index (Phi) is 4.64. The monoisotopic (exact) mass is 305 g/mol. The molecule has 0 aliphatic heterocycles. The second kappa shape index (κ2) is 5.16. The van der Waals surface area contributed by atoms with Gasteiger partial charge in [0.05, 0.1) is 5.62 Å². The summed E-state index contributed by atoms with van der Waals surface area (Å²) >= 11 is 22.4. The molecular weight excluding hydrogens is 299 g/mol. The zero-order chi connectivity index (χ0) is 11.5. The summed E-state index contributed by atoms with van der Waals surface area (Å²) < 4.78 is 10.2. The van der Waals surface area contributed by atoms with E-state index in [0.717, 1.165) is 0 Å². The molecule has 0 unspecified atom stereocenters. The minimum Gasteiger partial charge on any atom is -0.332 e. The van der Waals surface area contributed by atoms with Crippen molar-refractivity contribution < 1.29 is 4.57 Å². The van der Waals surface area contributed by atoms with Crippen molar-refractivity contribution in [2.24, 2.45) is 0 Å². The quantitative estimate of drug-likeness (QED) is 0.635. The van der Waals surface area contributed by atoms with Crippen LogP contribution in [0.15, 0.2) is 30.3 Å². The molecule has 1 aromatic rings. The van der Waals surface area contributed by atoms with E-state index in [0.29, 0.717) is 5.69 Å². The van der Waals surface area contributed by atoms with Crippen molar-refractivity contribution in [3.63, 3.8) is 0 Å². The zero-order valence-electron chi connectivity index (χ0n) is 7.46. The Morgan fingerprint density at radius 2 is 1.73 bits per heavy atom. The summed E-state index contributed by atoms with van der Waals surface area (Å²) in [4.78, 5) is 0. The van der Waals surface area contributed by atoms with Crippen LogP contribution >= 0.6 is 53.7 Å². The molecular formula is C8H8Cl4NOP. The number of hydrogen-bond donors (Lipinski definition) is 1. The molecule has 0 fully saturated rings. The van der Waals surface area contributed by atoms with Crippen LogP contribution in [0.3, 0.4) is 0 Å². The van der Waals surface area contributed by atoms with Crippen molar-refractivity contribution in [1.29, 1.82) is 0 Å². The first-order valence-electron chi connectivity index (χ1n) is 3.94. The van der Waals surface area contributed by atoms with Gasteiger partial charge in [-0.15, -0.1) is 11.6 Å². The molecule has 0 aromatic heterocycles. The second-order valence-electron chi connectivity index (χ2n) is 2.80. The maximum Gasteiger partial charge on any atom is 0.261 e. The normalized spacial score (nSPS) is 15.7. The third-order valence-corrected chi connectivity index (χ3v) is 6.90. The fourth-order valence-corrected chi connectivity index (χ4v) is 3.96. The van der Waals surface area contributed by atoms with Gasteiger partial charge in [0.1, 0.15) is 0 Å². The highest BCUT2D eigenvalue weighted by molar-refractivity contribution is 7.74. The number of para-hydroxylation sites is 1. The number of halogens is 4. The highest BCUT2D eigenvalue weighted by atomic mass is 35.6. The highest BCUT2D eigenvalue weighted by Gasteiger charge is 2.43. The Hall–Kier alpha value is 0.410. The van der Waals surface area contributed by atoms with Crippen molar-refractivity contribution in [2.75, 3.05) is 10.7 Å². The molecule has 0 amide bonds. The molecule has 15 heavy (non-hydrogen) atoms. The van der Waals surface area contributed by atoms with Crippen molar-refractivity contribution in [2.45, 2.75) is 3.53 Å². The lowest BCUT2D eigenvalue weighted by atomic mass is 10.3. The van der Waals surface area contributed by atoms with Crippen LogP contribution in [-0.4, -0.2) is 9.15 Å². The Morgan fingerprint density at radius 1 is 1.20 bits per heavy atom. The van der Waals surface area contributed by atoms with E-state index in [-0.39, 0.29) is 5.62 Å². The topological polar surface area (TPSA) is 29.1 Å². The summed E-state index contributed by atoms with van der Waals surface area (Å²) in [5, 5.41) is 2.67. The Morgan fingerprint density at radius 3 is 2.13 bits per heavy atom. The first-order valence-corrected chi connectivity index (χ1v) is 7.50. The molecule has 1 rings (SSSR count). The SMILES string of the molecule is O=[P@](CCl)(Nc1ccccc1)C(Cl)(Cl)Cl. The molecule has 1 N–H and O–H groups in total. The lowest BCUT2D eigenvalue weighted by Gasteiger charge is -2.24. The van der Waals surface area contributed by atoms with Crippen LogP contribution in [0.5, 0.6) is 0 Å². The maximum atomic E-state index is 12.1. The van der Waals surface area contributed by atoms with Crippen molar-refractivity contribution >= 4 is 59.4 Å². The van der Waals surface area contributed by atoms with E-state index in [1.807, 2.05) is 6.07 Å². The number of hydrogen-bond acceptors (Lipinski definition) is 1. The Labute approximate surface area is 108 Å². The third kappa shape index (κ3) is 3.44. The highest BCUT2D eigenvalue weighted by Crippen LogP contribution is 2.64. The van der Waals surface area contributed by atoms with E-state index in [1.54, 1.807) is 24.3 Å². The van der Waals surface area contributed by atoms with Crippen molar-refractivity contribution in [3.05, 3.63) is 30.3 Å². The van der Waals surface area contributed by atoms with Gasteiger partial charge < -0.3 is 5.09 Å². The van der Waals surface area contributed by atoms with Gasteiger partial charge in [-0.2, -0.15) is 0 Å². The predicted octanol–water partition coefficient (Wildman–Crippen LogP) is 4.90. The lowest BCUT2D eigenvalue weighted by molar-refractivity contribution is 0.581. The average Bonchev–Trinajstić information content (AvgIpc) is 2.17. The lowest BCUT2D eigenvalue weighted by Crippen LogP contribution is -2.12. The van der Waals surface area contributed by atoms with Gasteiger partial charge in [0, 0.05) is 5.69 Å². The number of rotatable bonds is 3. The van der Waals surface area contributed by atoms with Crippen LogP contribution in [0.1, 0.15) is 0 Å². The summed E-state index contributed by atoms with van der Waals surface area (Å²) in [5.74, 6) is 0. The van der Waals surface area contributed by atoms with E-state index in [9.17, 15) is 4.57 Å². The standard InChI is InChI=1S/C8H8Cl4NOP/c9-6-15(14,8(10,11)12)13-7-4-2-1-3-5-7/h1-5H,6H2,(H,13,14)/t15-/m0/s1. The zero-order valence-corrected chi connectivity index (χ0v) is 11.4. The first-order chi connectivity index (χ1) is 6.89. The summed E-state index contributed by atoms with van der Waals surface area (Å²) in [5.41, 5.74) is 0.353. The largest absolute Gasteiger partial charge is 0.332 e. The van der Waals surface area contributed by atoms with E-state index < -0.39 is 10.8 Å². The molecule has 0 aliphatic carbocycles. The van der Waals surface area contributed by atoms with E-state index in [4.69, 9.17) is 46.4 Å². The van der Waals surface area contributed by atoms with Crippen LogP contribution in [0.25, 0.3) is 0 Å². The molecule has 0 bridgehead atoms. The molecule has 1 atom stereocenters. The van der Waals surface area contributed by atoms with Crippen LogP contribution in [0.2, 0.25) is 0 Å². The van der Waals surface area contributed by atoms with Gasteiger partial charge in [-0.25, -0.2) is 0 Å². The molecule has 0 heterocycles. The van der Waals surface area contributed by atoms with Gasteiger partial charge in [-0.05, 0) is 12.1 Å². The van der Waals surface area contributed by atoms with Crippen molar-refractivity contribution in [3.8, 4) is 0 Å². The molecule has 0 aliphatic rings. The molecule has 0 spiro atoms. The summed E-state index contributed by atoms with van der Waals surface area (Å²) in [6, 6.07) is 8.82. The van der Waals surface area contributed by atoms with Crippen LogP contribution in [0, 0.1) is 0 Å². The average molecular weight is 307 g/mol. The van der Waals surface area contributed by atoms with E-state index >= 15 is 0 Å². The number of benzene rings is 1. The van der Waals surface area contributed by atoms with Crippen LogP contribution < -0.4 is 5.09 Å². The minimum atomic E-state index is -3.29. The summed E-state index contributed by atoms with van der Waals surface area (Å²) in [7, 11) is -3.29. The molecule has 0 saturated heterocycles. The molecule has 7 heteroatoms. The molecule has 1 aromatic carbocycles. The predicted molar refractivity (Wildman–Crippen MR) is 68.7 cm³/mol. The third-order valence-electron chi connectivity index (χ3n) is 1.66. The van der Waals surface area contributed by atoms with Gasteiger partial charge in [0.25, 0.3) is 3.53 Å². The summed E-state index contributed by atoms with van der Waals surface area (Å²) in [6.45, 7) is 0. The number of alkyl halides is 4. The fraction of sp³-hybridized carbons (Fsp3) is 0.250. The minimum absolute atomic E-state index is 0.252. The molecule has 84 valence electrons. The molecule has 0 saturated carbocycles. The van der Waals surface area contributed by atoms with Gasteiger partial charge in [-0.3, -0.25) is 4.57 Å². The maximum absolute atomic E-state index is 12.1. The van der Waals surface area contributed by atoms with Gasteiger partial charge in [0.15, 0.2) is 0 Å². The second-order valence-corrected chi connectivity index (χ2v) is 9.21. The van der Waals surface area contributed by atoms with Gasteiger partial charge >= 0.3 is 0 Å². The molecule has 0 radical (unpaired) electrons. The van der Waals surface area contributed by atoms with Crippen molar-refractivity contribution in [1.82, 2.24) is 0 Å². The number of nitrogens with one attached hydrogen (secondary N) is 1. The van der Waals surface area contributed by atoms with Gasteiger partial charge in [0.2, 0.25) is 7.29 Å². The molecule has 2 nitrogen and oxygen atoms in total. The van der Waals surface area contributed by atoms with E-state index in [2.05, 4.69) is 5.09 Å². The van der Waals surface area contributed by atoms with Gasteiger partial charge in [-0.1, -0.05) is 53.0 Å². The Balaban J connectivity index is 2.93. The van der Waals surface area contributed by atoms with Crippen LogP contribution in [-0.2, 0) is 4.57 Å². The number of anilines is 1. The fourth-order valence-electron chi connectivity index (χ4n) is 0.882.